The third-order valence-corrected chi connectivity index (χ3v) is 4.10. The lowest BCUT2D eigenvalue weighted by molar-refractivity contribution is 0.0570. The van der Waals surface area contributed by atoms with Crippen molar-refractivity contribution in [3.05, 3.63) is 35.5 Å². The molecule has 0 saturated carbocycles. The average Bonchev–Trinajstić information content (AvgIpc) is 3.15. The molecular formula is C15H17ClN6O3. The number of halogens is 1. The van der Waals surface area contributed by atoms with Gasteiger partial charge in [0.05, 0.1) is 17.2 Å². The summed E-state index contributed by atoms with van der Waals surface area (Å²) in [5, 5.41) is 7.73. The second-order valence-corrected chi connectivity index (χ2v) is 5.78. The summed E-state index contributed by atoms with van der Waals surface area (Å²) in [5.41, 5.74) is 0.395. The molecule has 2 aromatic heterocycles. The Morgan fingerprint density at radius 2 is 1.80 bits per heavy atom. The molecular weight excluding hydrogens is 348 g/mol. The quantitative estimate of drug-likeness (QED) is 0.813. The van der Waals surface area contributed by atoms with E-state index in [2.05, 4.69) is 15.2 Å². The van der Waals surface area contributed by atoms with E-state index in [9.17, 15) is 9.59 Å². The summed E-state index contributed by atoms with van der Waals surface area (Å²) < 4.78 is 6.53. The van der Waals surface area contributed by atoms with Crippen molar-refractivity contribution in [2.45, 2.75) is 6.92 Å². The van der Waals surface area contributed by atoms with Crippen LogP contribution in [-0.2, 0) is 4.74 Å². The summed E-state index contributed by atoms with van der Waals surface area (Å²) in [7, 11) is 0. The number of carbonyl (C=O) groups excluding carboxylic acids is 2. The Kier molecular flexibility index (Phi) is 5.13. The molecule has 1 fully saturated rings. The molecule has 132 valence electrons. The van der Waals surface area contributed by atoms with E-state index in [1.807, 2.05) is 0 Å². The molecule has 1 aliphatic rings. The molecule has 0 aromatic carbocycles. The summed E-state index contributed by atoms with van der Waals surface area (Å²) in [6.07, 6.45) is 4.08. The van der Waals surface area contributed by atoms with Crippen LogP contribution in [0.25, 0.3) is 5.82 Å². The zero-order valence-corrected chi connectivity index (χ0v) is 14.4. The molecule has 0 aliphatic carbocycles. The van der Waals surface area contributed by atoms with E-state index < -0.39 is 0 Å². The highest BCUT2D eigenvalue weighted by Crippen LogP contribution is 2.20. The van der Waals surface area contributed by atoms with Gasteiger partial charge < -0.3 is 14.5 Å². The third kappa shape index (κ3) is 3.71. The average molecular weight is 365 g/mol. The van der Waals surface area contributed by atoms with Gasteiger partial charge in [0, 0.05) is 32.4 Å². The highest BCUT2D eigenvalue weighted by molar-refractivity contribution is 6.32. The summed E-state index contributed by atoms with van der Waals surface area (Å²) in [6, 6.07) is 1.57. The van der Waals surface area contributed by atoms with Gasteiger partial charge in [0.15, 0.2) is 5.82 Å². The van der Waals surface area contributed by atoms with E-state index in [1.165, 1.54) is 18.9 Å². The van der Waals surface area contributed by atoms with Crippen molar-refractivity contribution in [1.29, 1.82) is 0 Å². The SMILES string of the molecule is CCOC(=O)N1CCN(C(=O)c2cnc(-n3cnnc3)c(Cl)c2)CC1. The fraction of sp³-hybridized carbons (Fsp3) is 0.400. The van der Waals surface area contributed by atoms with Crippen molar-refractivity contribution in [3.63, 3.8) is 0 Å². The molecule has 0 radical (unpaired) electrons. The first-order valence-electron chi connectivity index (χ1n) is 7.81. The molecule has 0 unspecified atom stereocenters. The van der Waals surface area contributed by atoms with Crippen LogP contribution in [0.4, 0.5) is 4.79 Å². The van der Waals surface area contributed by atoms with Gasteiger partial charge in [0.25, 0.3) is 5.91 Å². The number of amides is 2. The summed E-state index contributed by atoms with van der Waals surface area (Å²) in [6.45, 7) is 3.83. The molecule has 10 heteroatoms. The van der Waals surface area contributed by atoms with Crippen molar-refractivity contribution in [1.82, 2.24) is 29.5 Å². The predicted octanol–water partition coefficient (Wildman–Crippen LogP) is 1.23. The first-order chi connectivity index (χ1) is 12.1. The predicted molar refractivity (Wildman–Crippen MR) is 88.7 cm³/mol. The third-order valence-electron chi connectivity index (χ3n) is 3.82. The van der Waals surface area contributed by atoms with Gasteiger partial charge >= 0.3 is 6.09 Å². The van der Waals surface area contributed by atoms with Crippen LogP contribution in [0, 0.1) is 0 Å². The molecule has 3 heterocycles. The number of hydrogen-bond acceptors (Lipinski definition) is 6. The van der Waals surface area contributed by atoms with Crippen molar-refractivity contribution in [3.8, 4) is 5.82 Å². The number of pyridine rings is 1. The normalized spacial score (nSPS) is 14.5. The Bertz CT molecular complexity index is 759. The van der Waals surface area contributed by atoms with Gasteiger partial charge in [-0.2, -0.15) is 0 Å². The Labute approximate surface area is 149 Å². The molecule has 2 amide bonds. The molecule has 0 bridgehead atoms. The Morgan fingerprint density at radius 3 is 2.40 bits per heavy atom. The number of piperazine rings is 1. The standard InChI is InChI=1S/C15H17ClN6O3/c1-2-25-15(24)21-5-3-20(4-6-21)14(23)11-7-12(16)13(17-8-11)22-9-18-19-10-22/h7-10H,2-6H2,1H3. The lowest BCUT2D eigenvalue weighted by atomic mass is 10.2. The molecule has 0 atom stereocenters. The second-order valence-electron chi connectivity index (χ2n) is 5.38. The minimum Gasteiger partial charge on any atom is -0.450 e. The van der Waals surface area contributed by atoms with Crippen LogP contribution >= 0.6 is 11.6 Å². The Morgan fingerprint density at radius 1 is 1.16 bits per heavy atom. The summed E-state index contributed by atoms with van der Waals surface area (Å²) in [5.74, 6) is 0.281. The zero-order chi connectivity index (χ0) is 17.8. The number of rotatable bonds is 3. The molecule has 2 aromatic rings. The van der Waals surface area contributed by atoms with E-state index in [4.69, 9.17) is 16.3 Å². The van der Waals surface area contributed by atoms with E-state index in [-0.39, 0.29) is 12.0 Å². The molecule has 9 nitrogen and oxygen atoms in total. The van der Waals surface area contributed by atoms with Gasteiger partial charge in [-0.1, -0.05) is 11.6 Å². The van der Waals surface area contributed by atoms with Gasteiger partial charge in [-0.05, 0) is 13.0 Å². The molecule has 1 saturated heterocycles. The summed E-state index contributed by atoms with van der Waals surface area (Å²) in [4.78, 5) is 31.8. The summed E-state index contributed by atoms with van der Waals surface area (Å²) >= 11 is 6.22. The highest BCUT2D eigenvalue weighted by atomic mass is 35.5. The van der Waals surface area contributed by atoms with Gasteiger partial charge in [-0.3, -0.25) is 9.36 Å². The number of nitrogens with zero attached hydrogens (tertiary/aromatic N) is 6. The first kappa shape index (κ1) is 17.2. The van der Waals surface area contributed by atoms with Crippen LogP contribution in [-0.4, -0.2) is 74.3 Å². The maximum atomic E-state index is 12.6. The fourth-order valence-electron chi connectivity index (χ4n) is 2.54. The number of aromatic nitrogens is 4. The zero-order valence-electron chi connectivity index (χ0n) is 13.6. The van der Waals surface area contributed by atoms with Crippen molar-refractivity contribution < 1.29 is 14.3 Å². The van der Waals surface area contributed by atoms with Gasteiger partial charge in [0.1, 0.15) is 12.7 Å². The van der Waals surface area contributed by atoms with Crippen molar-refractivity contribution in [2.75, 3.05) is 32.8 Å². The van der Waals surface area contributed by atoms with E-state index in [0.29, 0.717) is 49.2 Å². The van der Waals surface area contributed by atoms with Crippen LogP contribution in [0.5, 0.6) is 0 Å². The van der Waals surface area contributed by atoms with E-state index in [0.717, 1.165) is 0 Å². The largest absolute Gasteiger partial charge is 0.450 e. The number of hydrogen-bond donors (Lipinski definition) is 0. The highest BCUT2D eigenvalue weighted by Gasteiger charge is 2.26. The second kappa shape index (κ2) is 7.47. The molecule has 0 N–H and O–H groups in total. The topological polar surface area (TPSA) is 93.5 Å². The number of ether oxygens (including phenoxy) is 1. The Balaban J connectivity index is 1.66. The van der Waals surface area contributed by atoms with Gasteiger partial charge in [0.2, 0.25) is 0 Å². The van der Waals surface area contributed by atoms with Gasteiger partial charge in [-0.25, -0.2) is 9.78 Å². The van der Waals surface area contributed by atoms with Crippen LogP contribution in [0.3, 0.4) is 0 Å². The lowest BCUT2D eigenvalue weighted by Crippen LogP contribution is -2.50. The maximum Gasteiger partial charge on any atom is 0.409 e. The van der Waals surface area contributed by atoms with Crippen LogP contribution in [0.1, 0.15) is 17.3 Å². The van der Waals surface area contributed by atoms with Crippen molar-refractivity contribution in [2.24, 2.45) is 0 Å². The number of carbonyl (C=O) groups is 2. The minimum atomic E-state index is -0.349. The lowest BCUT2D eigenvalue weighted by Gasteiger charge is -2.34. The van der Waals surface area contributed by atoms with Crippen molar-refractivity contribution >= 4 is 23.6 Å². The van der Waals surface area contributed by atoms with Crippen LogP contribution in [0.2, 0.25) is 5.02 Å². The fourth-order valence-corrected chi connectivity index (χ4v) is 2.80. The van der Waals surface area contributed by atoms with E-state index in [1.54, 1.807) is 27.4 Å². The minimum absolute atomic E-state index is 0.173. The first-order valence-corrected chi connectivity index (χ1v) is 8.19. The molecule has 0 spiro atoms. The monoisotopic (exact) mass is 364 g/mol. The smallest absolute Gasteiger partial charge is 0.409 e. The van der Waals surface area contributed by atoms with Crippen LogP contribution in [0.15, 0.2) is 24.9 Å². The van der Waals surface area contributed by atoms with Gasteiger partial charge in [-0.15, -0.1) is 10.2 Å². The van der Waals surface area contributed by atoms with Crippen LogP contribution < -0.4 is 0 Å². The maximum absolute atomic E-state index is 12.6. The molecule has 25 heavy (non-hydrogen) atoms. The molecule has 1 aliphatic heterocycles. The van der Waals surface area contributed by atoms with E-state index >= 15 is 0 Å². The molecule has 3 rings (SSSR count). The Hall–Kier alpha value is -2.68.